The predicted octanol–water partition coefficient (Wildman–Crippen LogP) is 1.90. The molecule has 0 aromatic heterocycles. The lowest BCUT2D eigenvalue weighted by Gasteiger charge is -2.13. The normalized spacial score (nSPS) is 10.9. The van der Waals surface area contributed by atoms with Crippen molar-refractivity contribution in [1.82, 2.24) is 0 Å². The summed E-state index contributed by atoms with van der Waals surface area (Å²) in [7, 11) is 1.99. The van der Waals surface area contributed by atoms with E-state index in [1.54, 1.807) is 14.2 Å². The van der Waals surface area contributed by atoms with Gasteiger partial charge in [0.05, 0.1) is 0 Å². The van der Waals surface area contributed by atoms with Gasteiger partial charge in [0.1, 0.15) is 0 Å². The molecule has 0 spiro atoms. The molecule has 0 atom stereocenters. The van der Waals surface area contributed by atoms with E-state index in [1.165, 1.54) is 16.7 Å². The maximum absolute atomic E-state index is 5.31. The maximum Gasteiger partial charge on any atom is 0.325 e. The molecule has 0 fully saturated rings. The topological polar surface area (TPSA) is 18.5 Å². The van der Waals surface area contributed by atoms with Crippen LogP contribution in [0, 0.1) is 13.8 Å². The van der Waals surface area contributed by atoms with Gasteiger partial charge < -0.3 is 8.85 Å². The summed E-state index contributed by atoms with van der Waals surface area (Å²) in [5.74, 6) is 0. The lowest BCUT2D eigenvalue weighted by Crippen LogP contribution is -2.23. The van der Waals surface area contributed by atoms with E-state index in [0.29, 0.717) is 0 Å². The first-order valence-electron chi connectivity index (χ1n) is 4.79. The molecule has 1 aromatic carbocycles. The zero-order chi connectivity index (χ0) is 10.6. The maximum atomic E-state index is 5.31. The summed E-state index contributed by atoms with van der Waals surface area (Å²) in [4.78, 5) is 0. The molecular formula is C11H18O2Si. The van der Waals surface area contributed by atoms with Crippen LogP contribution in [-0.4, -0.2) is 23.5 Å². The van der Waals surface area contributed by atoms with Gasteiger partial charge in [-0.15, -0.1) is 0 Å². The van der Waals surface area contributed by atoms with Gasteiger partial charge in [-0.25, -0.2) is 0 Å². The molecule has 0 amide bonds. The van der Waals surface area contributed by atoms with E-state index in [0.717, 1.165) is 6.04 Å². The first-order valence-corrected chi connectivity index (χ1v) is 6.55. The van der Waals surface area contributed by atoms with Crippen molar-refractivity contribution in [3.8, 4) is 0 Å². The van der Waals surface area contributed by atoms with E-state index in [-0.39, 0.29) is 0 Å². The fraction of sp³-hybridized carbons (Fsp3) is 0.455. The molecule has 0 heterocycles. The van der Waals surface area contributed by atoms with Crippen molar-refractivity contribution >= 4 is 9.28 Å². The fourth-order valence-electron chi connectivity index (χ4n) is 1.48. The van der Waals surface area contributed by atoms with Gasteiger partial charge in [0.15, 0.2) is 0 Å². The average Bonchev–Trinajstić information content (AvgIpc) is 2.20. The van der Waals surface area contributed by atoms with Gasteiger partial charge in [-0.3, -0.25) is 0 Å². The minimum atomic E-state index is -1.47. The van der Waals surface area contributed by atoms with E-state index in [2.05, 4.69) is 32.0 Å². The molecule has 0 unspecified atom stereocenters. The Balaban J connectivity index is 2.80. The molecule has 0 saturated carbocycles. The lowest BCUT2D eigenvalue weighted by atomic mass is 10.1. The third-order valence-corrected chi connectivity index (χ3v) is 4.45. The third kappa shape index (κ3) is 2.67. The molecule has 0 aliphatic carbocycles. The Kier molecular flexibility index (Phi) is 4.32. The van der Waals surface area contributed by atoms with Crippen LogP contribution in [0.5, 0.6) is 0 Å². The van der Waals surface area contributed by atoms with Crippen molar-refractivity contribution in [2.45, 2.75) is 19.9 Å². The fourth-order valence-corrected chi connectivity index (χ4v) is 2.80. The van der Waals surface area contributed by atoms with Crippen LogP contribution in [0.1, 0.15) is 16.7 Å². The Bertz CT molecular complexity index is 295. The predicted molar refractivity (Wildman–Crippen MR) is 60.8 cm³/mol. The number of aryl methyl sites for hydroxylation is 1. The Morgan fingerprint density at radius 1 is 1.14 bits per heavy atom. The van der Waals surface area contributed by atoms with Crippen LogP contribution in [-0.2, 0) is 14.9 Å². The molecule has 0 radical (unpaired) electrons. The minimum absolute atomic E-state index is 0.945. The quantitative estimate of drug-likeness (QED) is 0.707. The summed E-state index contributed by atoms with van der Waals surface area (Å²) in [6, 6.07) is 7.32. The molecule has 14 heavy (non-hydrogen) atoms. The SMILES string of the molecule is CO[SiH](Cc1cccc(C)c1C)OC. The Morgan fingerprint density at radius 2 is 1.79 bits per heavy atom. The van der Waals surface area contributed by atoms with Gasteiger partial charge in [0.2, 0.25) is 0 Å². The van der Waals surface area contributed by atoms with E-state index in [9.17, 15) is 0 Å². The smallest absolute Gasteiger partial charge is 0.325 e. The van der Waals surface area contributed by atoms with E-state index >= 15 is 0 Å². The van der Waals surface area contributed by atoms with E-state index < -0.39 is 9.28 Å². The first kappa shape index (κ1) is 11.4. The second kappa shape index (κ2) is 5.29. The Hall–Kier alpha value is -0.643. The first-order chi connectivity index (χ1) is 6.69. The monoisotopic (exact) mass is 210 g/mol. The summed E-state index contributed by atoms with van der Waals surface area (Å²) in [6.07, 6.45) is 0. The van der Waals surface area contributed by atoms with Gasteiger partial charge in [-0.1, -0.05) is 18.2 Å². The van der Waals surface area contributed by atoms with Crippen molar-refractivity contribution in [2.75, 3.05) is 14.2 Å². The molecule has 1 rings (SSSR count). The van der Waals surface area contributed by atoms with Crippen LogP contribution in [0.15, 0.2) is 18.2 Å². The van der Waals surface area contributed by atoms with Crippen molar-refractivity contribution in [3.63, 3.8) is 0 Å². The van der Waals surface area contributed by atoms with Crippen LogP contribution < -0.4 is 0 Å². The molecule has 0 aliphatic rings. The highest BCUT2D eigenvalue weighted by atomic mass is 28.3. The second-order valence-corrected chi connectivity index (χ2v) is 5.67. The zero-order valence-corrected chi connectivity index (χ0v) is 10.5. The van der Waals surface area contributed by atoms with Crippen molar-refractivity contribution in [3.05, 3.63) is 34.9 Å². The van der Waals surface area contributed by atoms with Crippen molar-refractivity contribution in [1.29, 1.82) is 0 Å². The van der Waals surface area contributed by atoms with Crippen LogP contribution >= 0.6 is 0 Å². The largest absolute Gasteiger partial charge is 0.400 e. The summed E-state index contributed by atoms with van der Waals surface area (Å²) >= 11 is 0. The molecule has 3 heteroatoms. The molecule has 0 saturated heterocycles. The third-order valence-electron chi connectivity index (χ3n) is 2.63. The van der Waals surface area contributed by atoms with Crippen LogP contribution in [0.25, 0.3) is 0 Å². The standard InChI is InChI=1S/C11H18O2Si/c1-9-6-5-7-11(10(9)2)8-14(12-3)13-4/h5-7,14H,8H2,1-4H3. The summed E-state index contributed by atoms with van der Waals surface area (Å²) in [5.41, 5.74) is 4.05. The van der Waals surface area contributed by atoms with Gasteiger partial charge in [-0.05, 0) is 30.5 Å². The molecule has 0 N–H and O–H groups in total. The second-order valence-electron chi connectivity index (χ2n) is 3.46. The molecule has 0 bridgehead atoms. The number of rotatable bonds is 4. The van der Waals surface area contributed by atoms with Gasteiger partial charge in [0.25, 0.3) is 0 Å². The van der Waals surface area contributed by atoms with Gasteiger partial charge >= 0.3 is 9.28 Å². The zero-order valence-electron chi connectivity index (χ0n) is 9.33. The summed E-state index contributed by atoms with van der Waals surface area (Å²) in [6.45, 7) is 4.29. The average molecular weight is 210 g/mol. The summed E-state index contributed by atoms with van der Waals surface area (Å²) < 4.78 is 10.6. The summed E-state index contributed by atoms with van der Waals surface area (Å²) in [5, 5.41) is 0. The van der Waals surface area contributed by atoms with E-state index in [4.69, 9.17) is 8.85 Å². The number of hydrogen-bond donors (Lipinski definition) is 0. The number of benzene rings is 1. The Labute approximate surface area is 87.7 Å². The van der Waals surface area contributed by atoms with Crippen LogP contribution in [0.2, 0.25) is 0 Å². The molecular weight excluding hydrogens is 192 g/mol. The molecule has 0 aliphatic heterocycles. The number of hydrogen-bond acceptors (Lipinski definition) is 2. The van der Waals surface area contributed by atoms with Crippen molar-refractivity contribution < 1.29 is 8.85 Å². The van der Waals surface area contributed by atoms with E-state index in [1.807, 2.05) is 0 Å². The van der Waals surface area contributed by atoms with Crippen LogP contribution in [0.3, 0.4) is 0 Å². The Morgan fingerprint density at radius 3 is 2.36 bits per heavy atom. The molecule has 78 valence electrons. The molecule has 2 nitrogen and oxygen atoms in total. The van der Waals surface area contributed by atoms with Crippen LogP contribution in [0.4, 0.5) is 0 Å². The highest BCUT2D eigenvalue weighted by Crippen LogP contribution is 2.14. The minimum Gasteiger partial charge on any atom is -0.400 e. The highest BCUT2D eigenvalue weighted by Gasteiger charge is 2.12. The van der Waals surface area contributed by atoms with Crippen molar-refractivity contribution in [2.24, 2.45) is 0 Å². The van der Waals surface area contributed by atoms with Gasteiger partial charge in [0, 0.05) is 20.3 Å². The molecule has 1 aromatic rings. The lowest BCUT2D eigenvalue weighted by molar-refractivity contribution is 0.277. The highest BCUT2D eigenvalue weighted by molar-refractivity contribution is 6.43. The van der Waals surface area contributed by atoms with Gasteiger partial charge in [-0.2, -0.15) is 0 Å².